The number of rotatable bonds is 11. The van der Waals surface area contributed by atoms with Gasteiger partial charge in [-0.3, -0.25) is 14.6 Å². The van der Waals surface area contributed by atoms with Gasteiger partial charge >= 0.3 is 10.8 Å². The average molecular weight is 534 g/mol. The maximum absolute atomic E-state index is 12.6. The molecule has 3 aromatic carbocycles. The number of carboxylic acids is 1. The topological polar surface area (TPSA) is 155 Å². The van der Waals surface area contributed by atoms with Crippen LogP contribution >= 0.6 is 11.3 Å². The molecule has 0 fully saturated rings. The summed E-state index contributed by atoms with van der Waals surface area (Å²) in [6.07, 6.45) is 0.825. The lowest BCUT2D eigenvalue weighted by atomic mass is 10.0. The zero-order chi connectivity index (χ0) is 27.1. The van der Waals surface area contributed by atoms with Crippen LogP contribution in [0.15, 0.2) is 83.7 Å². The zero-order valence-electron chi connectivity index (χ0n) is 20.3. The average Bonchev–Trinajstić information content (AvgIpc) is 3.22. The third kappa shape index (κ3) is 7.31. The molecule has 196 valence electrons. The van der Waals surface area contributed by atoms with Crippen molar-refractivity contribution in [3.05, 3.63) is 110 Å². The Morgan fingerprint density at radius 1 is 0.895 bits per heavy atom. The highest BCUT2D eigenvalue weighted by atomic mass is 32.1. The van der Waals surface area contributed by atoms with E-state index in [9.17, 15) is 24.6 Å². The number of aliphatic carboxylic acids is 1. The van der Waals surface area contributed by atoms with E-state index in [0.29, 0.717) is 22.8 Å². The summed E-state index contributed by atoms with van der Waals surface area (Å²) in [5.74, 6) is -0.554. The van der Waals surface area contributed by atoms with Crippen molar-refractivity contribution >= 4 is 23.2 Å². The molecular formula is C28H27N3O6S. The fraction of sp³-hybridized carbons (Fsp3) is 0.179. The van der Waals surface area contributed by atoms with Gasteiger partial charge in [-0.15, -0.1) is 0 Å². The zero-order valence-corrected chi connectivity index (χ0v) is 21.1. The molecule has 4 rings (SSSR count). The second-order valence-corrected chi connectivity index (χ2v) is 9.82. The number of aromatic nitrogens is 1. The van der Waals surface area contributed by atoms with Crippen LogP contribution < -0.4 is 20.7 Å². The molecule has 1 amide bonds. The summed E-state index contributed by atoms with van der Waals surface area (Å²) in [5, 5.41) is 21.8. The number of ether oxygens (including phenoxy) is 1. The van der Waals surface area contributed by atoms with Crippen LogP contribution in [0, 0.1) is 0 Å². The van der Waals surface area contributed by atoms with E-state index in [2.05, 4.69) is 10.3 Å². The van der Waals surface area contributed by atoms with Crippen molar-refractivity contribution in [2.75, 3.05) is 0 Å². The van der Waals surface area contributed by atoms with Gasteiger partial charge in [0.05, 0.1) is 10.9 Å². The number of nitrogens with one attached hydrogen (secondary N) is 2. The van der Waals surface area contributed by atoms with E-state index in [0.717, 1.165) is 28.0 Å². The number of hydrogen-bond donors (Lipinski definition) is 5. The number of amides is 1. The van der Waals surface area contributed by atoms with Crippen molar-refractivity contribution in [2.45, 2.75) is 31.3 Å². The second-order valence-electron chi connectivity index (χ2n) is 8.75. The van der Waals surface area contributed by atoms with Gasteiger partial charge in [0.15, 0.2) is 0 Å². The first-order chi connectivity index (χ1) is 18.3. The summed E-state index contributed by atoms with van der Waals surface area (Å²) in [6, 6.07) is 21.5. The molecule has 1 aromatic heterocycles. The van der Waals surface area contributed by atoms with Gasteiger partial charge in [-0.2, -0.15) is 0 Å². The number of carbonyl (C=O) groups excluding carboxylic acids is 1. The van der Waals surface area contributed by atoms with Crippen molar-refractivity contribution in [1.82, 2.24) is 10.3 Å². The van der Waals surface area contributed by atoms with Crippen LogP contribution in [-0.4, -0.2) is 39.2 Å². The molecule has 0 radical (unpaired) electrons. The van der Waals surface area contributed by atoms with Gasteiger partial charge in [-0.05, 0) is 47.4 Å². The molecule has 0 aliphatic carbocycles. The molecule has 4 aromatic rings. The first-order valence-corrected chi connectivity index (χ1v) is 12.7. The van der Waals surface area contributed by atoms with E-state index in [1.165, 1.54) is 0 Å². The van der Waals surface area contributed by atoms with E-state index in [1.807, 2.05) is 30.3 Å². The van der Waals surface area contributed by atoms with Gasteiger partial charge < -0.3 is 26.0 Å². The van der Waals surface area contributed by atoms with Crippen molar-refractivity contribution in [3.8, 4) is 17.4 Å². The largest absolute Gasteiger partial charge is 0.494 e. The van der Waals surface area contributed by atoms with E-state index in [1.54, 1.807) is 48.5 Å². The maximum atomic E-state index is 12.6. The Kier molecular flexibility index (Phi) is 8.57. The SMILES string of the molecule is NC(Cc1ccc(Oc2ccc(Cc3sc(=O)[nH]c3O)cc2)cc1)C(=O)NC(Cc1ccccc1)C(=O)O. The Balaban J connectivity index is 1.29. The Morgan fingerprint density at radius 3 is 2.03 bits per heavy atom. The minimum absolute atomic E-state index is 0.105. The summed E-state index contributed by atoms with van der Waals surface area (Å²) in [6.45, 7) is 0. The standard InChI is InChI=1S/C28H27N3O6S/c29-22(25(32)30-23(27(34)35)15-17-4-2-1-3-5-17)14-18-6-10-20(11-7-18)37-21-12-8-19(9-13-21)16-24-26(33)31-28(36)38-24/h1-13,22-23,33H,14-16,29H2,(H,30,32)(H,31,36)(H,34,35). The van der Waals surface area contributed by atoms with Gasteiger partial charge in [0.25, 0.3) is 0 Å². The highest BCUT2D eigenvalue weighted by Gasteiger charge is 2.23. The molecule has 0 spiro atoms. The van der Waals surface area contributed by atoms with Gasteiger partial charge in [0.2, 0.25) is 11.8 Å². The third-order valence-corrected chi connectivity index (χ3v) is 6.71. The number of carboxylic acid groups (broad SMARTS) is 1. The van der Waals surface area contributed by atoms with E-state index in [4.69, 9.17) is 10.5 Å². The lowest BCUT2D eigenvalue weighted by Gasteiger charge is -2.18. The Hall–Kier alpha value is -4.41. The molecule has 2 atom stereocenters. The van der Waals surface area contributed by atoms with Crippen LogP contribution in [0.2, 0.25) is 0 Å². The van der Waals surface area contributed by atoms with Crippen LogP contribution in [-0.2, 0) is 28.9 Å². The number of nitrogens with two attached hydrogens (primary N) is 1. The second kappa shape index (κ2) is 12.2. The minimum Gasteiger partial charge on any atom is -0.494 e. The number of carbonyl (C=O) groups is 2. The van der Waals surface area contributed by atoms with E-state index < -0.39 is 24.0 Å². The van der Waals surface area contributed by atoms with Crippen LogP contribution in [0.4, 0.5) is 0 Å². The number of aromatic amines is 1. The molecule has 0 saturated carbocycles. The van der Waals surface area contributed by atoms with Crippen molar-refractivity contribution in [3.63, 3.8) is 0 Å². The molecule has 0 saturated heterocycles. The highest BCUT2D eigenvalue weighted by Crippen LogP contribution is 2.25. The highest BCUT2D eigenvalue weighted by molar-refractivity contribution is 7.09. The van der Waals surface area contributed by atoms with Gasteiger partial charge in [-0.25, -0.2) is 4.79 Å². The lowest BCUT2D eigenvalue weighted by molar-refractivity contribution is -0.141. The number of thiazole rings is 1. The summed E-state index contributed by atoms with van der Waals surface area (Å²) in [4.78, 5) is 38.2. The fourth-order valence-corrected chi connectivity index (χ4v) is 4.60. The predicted octanol–water partition coefficient (Wildman–Crippen LogP) is 3.21. The first kappa shape index (κ1) is 26.6. The molecule has 0 bridgehead atoms. The van der Waals surface area contributed by atoms with Crippen LogP contribution in [0.3, 0.4) is 0 Å². The van der Waals surface area contributed by atoms with E-state index in [-0.39, 0.29) is 23.6 Å². The number of hydrogen-bond acceptors (Lipinski definition) is 7. The van der Waals surface area contributed by atoms with Crippen LogP contribution in [0.25, 0.3) is 0 Å². The minimum atomic E-state index is -1.12. The maximum Gasteiger partial charge on any atom is 0.326 e. The van der Waals surface area contributed by atoms with Crippen LogP contribution in [0.5, 0.6) is 17.4 Å². The summed E-state index contributed by atoms with van der Waals surface area (Å²) < 4.78 is 5.88. The van der Waals surface area contributed by atoms with E-state index >= 15 is 0 Å². The molecule has 6 N–H and O–H groups in total. The molecular weight excluding hydrogens is 506 g/mol. The quantitative estimate of drug-likeness (QED) is 0.198. The van der Waals surface area contributed by atoms with Crippen molar-refractivity contribution in [2.24, 2.45) is 5.73 Å². The molecule has 9 nitrogen and oxygen atoms in total. The molecule has 2 unspecified atom stereocenters. The number of aromatic hydroxyl groups is 1. The van der Waals surface area contributed by atoms with Crippen molar-refractivity contribution in [1.29, 1.82) is 0 Å². The fourth-order valence-electron chi connectivity index (χ4n) is 3.84. The van der Waals surface area contributed by atoms with Crippen molar-refractivity contribution < 1.29 is 24.5 Å². The lowest BCUT2D eigenvalue weighted by Crippen LogP contribution is -2.50. The normalized spacial score (nSPS) is 12.4. The smallest absolute Gasteiger partial charge is 0.326 e. The van der Waals surface area contributed by atoms with Gasteiger partial charge in [0.1, 0.15) is 17.5 Å². The number of benzene rings is 3. The molecule has 1 heterocycles. The summed E-state index contributed by atoms with van der Waals surface area (Å²) in [7, 11) is 0. The molecule has 0 aliphatic heterocycles. The monoisotopic (exact) mass is 533 g/mol. The Morgan fingerprint density at radius 2 is 1.47 bits per heavy atom. The molecule has 10 heteroatoms. The Labute approximate surface area is 222 Å². The van der Waals surface area contributed by atoms with Crippen LogP contribution in [0.1, 0.15) is 21.6 Å². The first-order valence-electron chi connectivity index (χ1n) is 11.9. The molecule has 0 aliphatic rings. The third-order valence-electron chi connectivity index (χ3n) is 5.84. The number of H-pyrrole nitrogens is 1. The Bertz CT molecular complexity index is 1430. The van der Waals surface area contributed by atoms with Gasteiger partial charge in [0, 0.05) is 12.8 Å². The summed E-state index contributed by atoms with van der Waals surface area (Å²) >= 11 is 0.975. The predicted molar refractivity (Wildman–Crippen MR) is 144 cm³/mol. The van der Waals surface area contributed by atoms with Gasteiger partial charge in [-0.1, -0.05) is 65.9 Å². The molecule has 38 heavy (non-hydrogen) atoms. The summed E-state index contributed by atoms with van der Waals surface area (Å²) in [5.41, 5.74) is 8.58.